The molecule has 1 aromatic carbocycles. The molecular formula is C15H26N2. The highest BCUT2D eigenvalue weighted by Crippen LogP contribution is 2.25. The second-order valence-electron chi connectivity index (χ2n) is 5.46. The fraction of sp³-hybridized carbons (Fsp3) is 0.600. The maximum absolute atomic E-state index is 5.92. The Bertz CT molecular complexity index is 331. The highest BCUT2D eigenvalue weighted by molar-refractivity contribution is 5.46. The summed E-state index contributed by atoms with van der Waals surface area (Å²) in [4.78, 5) is 2.31. The standard InChI is InChI=1S/C15H26N2/c1-5-10-15(3,11-16)12-17(4)14-8-6-13(2)7-9-14/h6-9H,5,10-12,16H2,1-4H3. The minimum Gasteiger partial charge on any atom is -0.374 e. The number of benzene rings is 1. The lowest BCUT2D eigenvalue weighted by Gasteiger charge is -2.33. The third-order valence-corrected chi connectivity index (χ3v) is 3.44. The molecule has 1 aromatic rings. The number of hydrogen-bond acceptors (Lipinski definition) is 2. The van der Waals surface area contributed by atoms with Gasteiger partial charge in [-0.15, -0.1) is 0 Å². The van der Waals surface area contributed by atoms with Crippen molar-refractivity contribution in [1.82, 2.24) is 0 Å². The zero-order valence-electron chi connectivity index (χ0n) is 11.7. The van der Waals surface area contributed by atoms with Gasteiger partial charge in [-0.3, -0.25) is 0 Å². The van der Waals surface area contributed by atoms with Gasteiger partial charge in [0.25, 0.3) is 0 Å². The van der Waals surface area contributed by atoms with E-state index in [4.69, 9.17) is 5.73 Å². The maximum atomic E-state index is 5.92. The third kappa shape index (κ3) is 4.04. The van der Waals surface area contributed by atoms with Gasteiger partial charge in [-0.05, 0) is 37.4 Å². The van der Waals surface area contributed by atoms with Crippen LogP contribution in [0.3, 0.4) is 0 Å². The van der Waals surface area contributed by atoms with Gasteiger partial charge in [0.15, 0.2) is 0 Å². The highest BCUT2D eigenvalue weighted by atomic mass is 15.1. The summed E-state index contributed by atoms with van der Waals surface area (Å²) < 4.78 is 0. The van der Waals surface area contributed by atoms with Crippen molar-refractivity contribution >= 4 is 5.69 Å². The molecule has 0 aliphatic carbocycles. The Hall–Kier alpha value is -1.02. The van der Waals surface area contributed by atoms with Crippen molar-refractivity contribution < 1.29 is 0 Å². The van der Waals surface area contributed by atoms with Crippen LogP contribution in [0.15, 0.2) is 24.3 Å². The van der Waals surface area contributed by atoms with Gasteiger partial charge in [0.05, 0.1) is 0 Å². The molecule has 1 unspecified atom stereocenters. The molecule has 2 nitrogen and oxygen atoms in total. The van der Waals surface area contributed by atoms with Gasteiger partial charge in [-0.25, -0.2) is 0 Å². The summed E-state index contributed by atoms with van der Waals surface area (Å²) >= 11 is 0. The summed E-state index contributed by atoms with van der Waals surface area (Å²) in [6.45, 7) is 8.38. The molecule has 0 spiro atoms. The van der Waals surface area contributed by atoms with Crippen LogP contribution in [0.1, 0.15) is 32.3 Å². The van der Waals surface area contributed by atoms with Gasteiger partial charge in [-0.1, -0.05) is 38.0 Å². The van der Waals surface area contributed by atoms with Crippen LogP contribution >= 0.6 is 0 Å². The maximum Gasteiger partial charge on any atom is 0.0363 e. The predicted octanol–water partition coefficient (Wildman–Crippen LogP) is 3.20. The largest absolute Gasteiger partial charge is 0.374 e. The Balaban J connectivity index is 2.70. The molecule has 96 valence electrons. The van der Waals surface area contributed by atoms with Crippen molar-refractivity contribution in [3.05, 3.63) is 29.8 Å². The predicted molar refractivity (Wildman–Crippen MR) is 76.5 cm³/mol. The summed E-state index contributed by atoms with van der Waals surface area (Å²) in [5.41, 5.74) is 8.71. The molecular weight excluding hydrogens is 208 g/mol. The third-order valence-electron chi connectivity index (χ3n) is 3.44. The van der Waals surface area contributed by atoms with E-state index < -0.39 is 0 Å². The van der Waals surface area contributed by atoms with E-state index in [-0.39, 0.29) is 5.41 Å². The van der Waals surface area contributed by atoms with E-state index in [0.29, 0.717) is 0 Å². The van der Waals surface area contributed by atoms with Gasteiger partial charge in [0, 0.05) is 19.3 Å². The summed E-state index contributed by atoms with van der Waals surface area (Å²) in [5.74, 6) is 0. The van der Waals surface area contributed by atoms with Gasteiger partial charge in [0.2, 0.25) is 0 Å². The zero-order valence-corrected chi connectivity index (χ0v) is 11.7. The van der Waals surface area contributed by atoms with Crippen molar-refractivity contribution in [2.75, 3.05) is 25.0 Å². The molecule has 1 atom stereocenters. The lowest BCUT2D eigenvalue weighted by Crippen LogP contribution is -2.39. The molecule has 0 bridgehead atoms. The average molecular weight is 234 g/mol. The van der Waals surface area contributed by atoms with E-state index in [1.165, 1.54) is 24.1 Å². The molecule has 17 heavy (non-hydrogen) atoms. The molecule has 0 amide bonds. The Morgan fingerprint density at radius 2 is 1.82 bits per heavy atom. The molecule has 0 aromatic heterocycles. The molecule has 1 rings (SSSR count). The molecule has 0 aliphatic rings. The normalized spacial score (nSPS) is 14.4. The van der Waals surface area contributed by atoms with E-state index >= 15 is 0 Å². The molecule has 2 heteroatoms. The Morgan fingerprint density at radius 3 is 2.29 bits per heavy atom. The highest BCUT2D eigenvalue weighted by Gasteiger charge is 2.23. The first-order valence-electron chi connectivity index (χ1n) is 6.48. The fourth-order valence-electron chi connectivity index (χ4n) is 2.31. The van der Waals surface area contributed by atoms with E-state index in [2.05, 4.69) is 57.0 Å². The molecule has 0 radical (unpaired) electrons. The number of hydrogen-bond donors (Lipinski definition) is 1. The molecule has 0 heterocycles. The lowest BCUT2D eigenvalue weighted by molar-refractivity contribution is 0.312. The molecule has 0 aliphatic heterocycles. The van der Waals surface area contributed by atoms with Crippen LogP contribution in [0.25, 0.3) is 0 Å². The van der Waals surface area contributed by atoms with Crippen molar-refractivity contribution in [2.24, 2.45) is 11.1 Å². The van der Waals surface area contributed by atoms with Gasteiger partial charge < -0.3 is 10.6 Å². The summed E-state index contributed by atoms with van der Waals surface area (Å²) in [7, 11) is 2.15. The van der Waals surface area contributed by atoms with Crippen LogP contribution in [0.2, 0.25) is 0 Å². The lowest BCUT2D eigenvalue weighted by atomic mass is 9.85. The summed E-state index contributed by atoms with van der Waals surface area (Å²) in [5, 5.41) is 0. The molecule has 0 fully saturated rings. The Morgan fingerprint density at radius 1 is 1.24 bits per heavy atom. The number of anilines is 1. The average Bonchev–Trinajstić information content (AvgIpc) is 2.30. The molecule has 0 saturated heterocycles. The van der Waals surface area contributed by atoms with Gasteiger partial charge in [0.1, 0.15) is 0 Å². The van der Waals surface area contributed by atoms with Crippen LogP contribution in [-0.4, -0.2) is 20.1 Å². The van der Waals surface area contributed by atoms with Crippen LogP contribution in [0.4, 0.5) is 5.69 Å². The number of aryl methyl sites for hydroxylation is 1. The van der Waals surface area contributed by atoms with Crippen molar-refractivity contribution in [2.45, 2.75) is 33.6 Å². The van der Waals surface area contributed by atoms with E-state index in [1.807, 2.05) is 0 Å². The topological polar surface area (TPSA) is 29.3 Å². The van der Waals surface area contributed by atoms with Crippen molar-refractivity contribution in [3.8, 4) is 0 Å². The van der Waals surface area contributed by atoms with Crippen LogP contribution < -0.4 is 10.6 Å². The fourth-order valence-corrected chi connectivity index (χ4v) is 2.31. The van der Waals surface area contributed by atoms with E-state index in [9.17, 15) is 0 Å². The second-order valence-corrected chi connectivity index (χ2v) is 5.46. The van der Waals surface area contributed by atoms with Gasteiger partial charge in [-0.2, -0.15) is 0 Å². The van der Waals surface area contributed by atoms with Crippen molar-refractivity contribution in [3.63, 3.8) is 0 Å². The number of rotatable bonds is 6. The monoisotopic (exact) mass is 234 g/mol. The zero-order chi connectivity index (χ0) is 12.9. The Kier molecular flexibility index (Phi) is 5.01. The first-order valence-corrected chi connectivity index (χ1v) is 6.48. The quantitative estimate of drug-likeness (QED) is 0.819. The minimum atomic E-state index is 0.217. The van der Waals surface area contributed by atoms with E-state index in [1.54, 1.807) is 0 Å². The minimum absolute atomic E-state index is 0.217. The SMILES string of the molecule is CCCC(C)(CN)CN(C)c1ccc(C)cc1. The smallest absolute Gasteiger partial charge is 0.0363 e. The van der Waals surface area contributed by atoms with Crippen LogP contribution in [0.5, 0.6) is 0 Å². The number of nitrogens with zero attached hydrogens (tertiary/aromatic N) is 1. The first kappa shape index (κ1) is 14.0. The summed E-state index contributed by atoms with van der Waals surface area (Å²) in [6.07, 6.45) is 2.37. The Labute approximate surface area is 106 Å². The molecule has 2 N–H and O–H groups in total. The first-order chi connectivity index (χ1) is 8.00. The van der Waals surface area contributed by atoms with Crippen molar-refractivity contribution in [1.29, 1.82) is 0 Å². The second kappa shape index (κ2) is 6.06. The van der Waals surface area contributed by atoms with E-state index in [0.717, 1.165) is 13.1 Å². The van der Waals surface area contributed by atoms with Gasteiger partial charge >= 0.3 is 0 Å². The number of nitrogens with two attached hydrogens (primary N) is 1. The summed E-state index contributed by atoms with van der Waals surface area (Å²) in [6, 6.07) is 8.67. The molecule has 0 saturated carbocycles. The van der Waals surface area contributed by atoms with Crippen LogP contribution in [0, 0.1) is 12.3 Å². The van der Waals surface area contributed by atoms with Crippen LogP contribution in [-0.2, 0) is 0 Å².